The number of rotatable bonds is 9. The number of hydrogen-bond donors (Lipinski definition) is 1. The third kappa shape index (κ3) is 5.70. The number of imidazole rings is 1. The van der Waals surface area contributed by atoms with Crippen LogP contribution in [0.15, 0.2) is 42.7 Å². The van der Waals surface area contributed by atoms with E-state index in [9.17, 15) is 22.0 Å². The van der Waals surface area contributed by atoms with Gasteiger partial charge in [0, 0.05) is 44.7 Å². The molecule has 2 aliphatic rings. The number of ether oxygens (including phenoxy) is 2. The molecule has 13 heteroatoms. The molecule has 3 atom stereocenters. The fraction of sp³-hybridized carbons (Fsp3) is 0.462. The minimum Gasteiger partial charge on any atom is -0.488 e. The molecule has 1 amide bonds. The molecule has 1 N–H and O–H groups in total. The Bertz CT molecular complexity index is 1460. The van der Waals surface area contributed by atoms with Crippen LogP contribution in [0, 0.1) is 5.82 Å². The van der Waals surface area contributed by atoms with Gasteiger partial charge in [-0.05, 0) is 36.8 Å². The molecule has 210 valence electrons. The van der Waals surface area contributed by atoms with Crippen molar-refractivity contribution in [1.29, 1.82) is 0 Å². The van der Waals surface area contributed by atoms with Crippen LogP contribution in [0.3, 0.4) is 0 Å². The Morgan fingerprint density at radius 1 is 1.31 bits per heavy atom. The second-order valence-electron chi connectivity index (χ2n) is 9.80. The molecule has 2 aromatic heterocycles. The number of amides is 1. The first-order chi connectivity index (χ1) is 18.7. The number of carbonyl (C=O) groups is 1. The first-order valence-corrected chi connectivity index (χ1v) is 14.3. The van der Waals surface area contributed by atoms with Crippen molar-refractivity contribution in [1.82, 2.24) is 18.4 Å². The average Bonchev–Trinajstić information content (AvgIpc) is 3.64. The number of halogens is 2. The van der Waals surface area contributed by atoms with Crippen LogP contribution in [0.2, 0.25) is 0 Å². The van der Waals surface area contributed by atoms with E-state index in [0.717, 1.165) is 4.31 Å². The van der Waals surface area contributed by atoms with Gasteiger partial charge >= 0.3 is 10.2 Å². The summed E-state index contributed by atoms with van der Waals surface area (Å²) >= 11 is 0. The van der Waals surface area contributed by atoms with Crippen LogP contribution < -0.4 is 14.4 Å². The van der Waals surface area contributed by atoms with Gasteiger partial charge in [-0.25, -0.2) is 18.5 Å². The van der Waals surface area contributed by atoms with E-state index < -0.39 is 34.1 Å². The molecule has 39 heavy (non-hydrogen) atoms. The summed E-state index contributed by atoms with van der Waals surface area (Å²) in [7, 11) is -2.65. The summed E-state index contributed by atoms with van der Waals surface area (Å²) in [6, 6.07) is 7.11. The van der Waals surface area contributed by atoms with Gasteiger partial charge in [0.25, 0.3) is 5.91 Å². The second-order valence-corrected chi connectivity index (χ2v) is 11.6. The Labute approximate surface area is 225 Å². The van der Waals surface area contributed by atoms with Gasteiger partial charge in [0.1, 0.15) is 35.2 Å². The Morgan fingerprint density at radius 2 is 2.13 bits per heavy atom. The Hall–Kier alpha value is -3.29. The molecule has 0 saturated carbocycles. The molecule has 0 radical (unpaired) electrons. The van der Waals surface area contributed by atoms with E-state index >= 15 is 0 Å². The van der Waals surface area contributed by atoms with Crippen LogP contribution in [0.5, 0.6) is 5.75 Å². The van der Waals surface area contributed by atoms with Gasteiger partial charge in [-0.3, -0.25) is 9.20 Å². The fourth-order valence-electron chi connectivity index (χ4n) is 5.03. The number of benzene rings is 1. The zero-order valence-corrected chi connectivity index (χ0v) is 22.5. The number of alkyl halides is 1. The highest BCUT2D eigenvalue weighted by Gasteiger charge is 2.36. The van der Waals surface area contributed by atoms with Gasteiger partial charge in [0.15, 0.2) is 0 Å². The SMILES string of the molecule is CCCN(C)S(=O)(=O)NC(=O)c1cnc2ccc(N3C[C@@H](F)C[C@@H]3c3cc(F)ccc3OC3CCOC3)cn12. The van der Waals surface area contributed by atoms with E-state index in [-0.39, 0.29) is 31.3 Å². The predicted molar refractivity (Wildman–Crippen MR) is 140 cm³/mol. The van der Waals surface area contributed by atoms with Crippen molar-refractivity contribution in [2.24, 2.45) is 0 Å². The molecule has 0 bridgehead atoms. The number of pyridine rings is 1. The van der Waals surface area contributed by atoms with E-state index in [1.165, 1.54) is 29.8 Å². The third-order valence-electron chi connectivity index (χ3n) is 6.99. The van der Waals surface area contributed by atoms with Gasteiger partial charge in [0.2, 0.25) is 0 Å². The largest absolute Gasteiger partial charge is 0.488 e. The summed E-state index contributed by atoms with van der Waals surface area (Å²) in [4.78, 5) is 19.0. The van der Waals surface area contributed by atoms with Crippen molar-refractivity contribution >= 4 is 27.5 Å². The summed E-state index contributed by atoms with van der Waals surface area (Å²) in [5.41, 5.74) is 1.50. The maximum Gasteiger partial charge on any atom is 0.303 e. The maximum atomic E-state index is 14.9. The summed E-state index contributed by atoms with van der Waals surface area (Å²) in [5, 5.41) is 0. The summed E-state index contributed by atoms with van der Waals surface area (Å²) < 4.78 is 70.4. The minimum absolute atomic E-state index is 0.00359. The van der Waals surface area contributed by atoms with E-state index in [4.69, 9.17) is 9.47 Å². The first kappa shape index (κ1) is 27.3. The Balaban J connectivity index is 1.46. The van der Waals surface area contributed by atoms with Crippen molar-refractivity contribution in [3.63, 3.8) is 0 Å². The molecule has 1 aromatic carbocycles. The lowest BCUT2D eigenvalue weighted by Crippen LogP contribution is -2.42. The number of nitrogens with one attached hydrogen (secondary N) is 1. The first-order valence-electron chi connectivity index (χ1n) is 12.9. The minimum atomic E-state index is -4.04. The highest BCUT2D eigenvalue weighted by Crippen LogP contribution is 2.42. The highest BCUT2D eigenvalue weighted by atomic mass is 32.2. The van der Waals surface area contributed by atoms with Crippen molar-refractivity contribution in [3.05, 3.63) is 59.8 Å². The Kier molecular flexibility index (Phi) is 7.74. The lowest BCUT2D eigenvalue weighted by atomic mass is 10.0. The monoisotopic (exact) mass is 563 g/mol. The van der Waals surface area contributed by atoms with E-state index in [0.29, 0.717) is 48.7 Å². The van der Waals surface area contributed by atoms with Crippen LogP contribution in [0.1, 0.15) is 48.3 Å². The normalized spacial score (nSPS) is 21.7. The highest BCUT2D eigenvalue weighted by molar-refractivity contribution is 7.87. The van der Waals surface area contributed by atoms with Gasteiger partial charge in [-0.2, -0.15) is 12.7 Å². The van der Waals surface area contributed by atoms with Crippen molar-refractivity contribution in [2.75, 3.05) is 38.3 Å². The molecule has 5 rings (SSSR count). The number of nitrogens with zero attached hydrogens (tertiary/aromatic N) is 4. The summed E-state index contributed by atoms with van der Waals surface area (Å²) in [6.45, 7) is 3.14. The van der Waals surface area contributed by atoms with Crippen molar-refractivity contribution in [3.8, 4) is 5.75 Å². The quantitative estimate of drug-likeness (QED) is 0.426. The Morgan fingerprint density at radius 3 is 2.87 bits per heavy atom. The lowest BCUT2D eigenvalue weighted by Gasteiger charge is -2.29. The number of anilines is 1. The molecule has 1 unspecified atom stereocenters. The summed E-state index contributed by atoms with van der Waals surface area (Å²) in [6.07, 6.45) is 2.97. The topological polar surface area (TPSA) is 105 Å². The predicted octanol–water partition coefficient (Wildman–Crippen LogP) is 3.25. The smallest absolute Gasteiger partial charge is 0.303 e. The van der Waals surface area contributed by atoms with Gasteiger partial charge in [0.05, 0.1) is 31.1 Å². The van der Waals surface area contributed by atoms with Crippen LogP contribution >= 0.6 is 0 Å². The molecule has 0 aliphatic carbocycles. The molecule has 0 spiro atoms. The van der Waals surface area contributed by atoms with Crippen LogP contribution in [-0.4, -0.2) is 73.6 Å². The van der Waals surface area contributed by atoms with E-state index in [1.54, 1.807) is 29.3 Å². The maximum absolute atomic E-state index is 14.9. The van der Waals surface area contributed by atoms with Crippen molar-refractivity contribution < 1.29 is 31.5 Å². The molecular weight excluding hydrogens is 532 g/mol. The number of aromatic nitrogens is 2. The molecule has 2 aliphatic heterocycles. The third-order valence-corrected chi connectivity index (χ3v) is 8.43. The standard InChI is InChI=1S/C26H31F2N5O5S/c1-3-9-31(2)39(35,36)30-26(34)23-13-29-25-7-5-19(15-33(23)25)32-14-18(28)12-22(32)21-11-17(27)4-6-24(21)38-20-8-10-37-16-20/h4-7,11,13,15,18,20,22H,3,8-10,12,14,16H2,1-2H3,(H,30,34)/t18-,20?,22+/m0/s1. The van der Waals surface area contributed by atoms with Crippen LogP contribution in [0.4, 0.5) is 14.5 Å². The van der Waals surface area contributed by atoms with Crippen LogP contribution in [-0.2, 0) is 14.9 Å². The lowest BCUT2D eigenvalue weighted by molar-refractivity contribution is 0.0973. The molecule has 4 heterocycles. The van der Waals surface area contributed by atoms with Crippen molar-refractivity contribution in [2.45, 2.75) is 44.5 Å². The number of hydrogen-bond acceptors (Lipinski definition) is 7. The van der Waals surface area contributed by atoms with Crippen LogP contribution in [0.25, 0.3) is 5.65 Å². The molecule has 3 aromatic rings. The molecule has 2 saturated heterocycles. The zero-order chi connectivity index (χ0) is 27.7. The fourth-order valence-corrected chi connectivity index (χ4v) is 5.94. The summed E-state index contributed by atoms with van der Waals surface area (Å²) in [5.74, 6) is -0.828. The average molecular weight is 564 g/mol. The van der Waals surface area contributed by atoms with E-state index in [2.05, 4.69) is 9.71 Å². The number of fused-ring (bicyclic) bond motifs is 1. The van der Waals surface area contributed by atoms with Gasteiger partial charge < -0.3 is 14.4 Å². The number of carbonyl (C=O) groups excluding carboxylic acids is 1. The molecular formula is C26H31F2N5O5S. The molecule has 10 nitrogen and oxygen atoms in total. The zero-order valence-electron chi connectivity index (χ0n) is 21.7. The van der Waals surface area contributed by atoms with Gasteiger partial charge in [-0.1, -0.05) is 6.92 Å². The van der Waals surface area contributed by atoms with Gasteiger partial charge in [-0.15, -0.1) is 0 Å². The molecule has 2 fully saturated rings. The van der Waals surface area contributed by atoms with E-state index in [1.807, 2.05) is 6.92 Å². The second kappa shape index (κ2) is 11.1.